The van der Waals surface area contributed by atoms with Gasteiger partial charge in [-0.3, -0.25) is 4.79 Å². The molecule has 0 aliphatic heterocycles. The SMILES string of the molecule is NC(=O)c1nc2cccc(CO)c2o1. The van der Waals surface area contributed by atoms with Crippen molar-refractivity contribution in [1.82, 2.24) is 4.98 Å². The van der Waals surface area contributed by atoms with E-state index in [0.29, 0.717) is 16.7 Å². The molecule has 0 saturated carbocycles. The third-order valence-electron chi connectivity index (χ3n) is 1.88. The van der Waals surface area contributed by atoms with Crippen molar-refractivity contribution in [3.8, 4) is 0 Å². The number of carbonyl (C=O) groups excluding carboxylic acids is 1. The van der Waals surface area contributed by atoms with Crippen LogP contribution in [0.5, 0.6) is 0 Å². The molecule has 2 aromatic rings. The van der Waals surface area contributed by atoms with E-state index in [-0.39, 0.29) is 12.5 Å². The molecule has 1 heterocycles. The Morgan fingerprint density at radius 1 is 1.57 bits per heavy atom. The highest BCUT2D eigenvalue weighted by molar-refractivity contribution is 5.91. The van der Waals surface area contributed by atoms with Gasteiger partial charge in [-0.15, -0.1) is 0 Å². The molecule has 3 N–H and O–H groups in total. The van der Waals surface area contributed by atoms with Crippen molar-refractivity contribution >= 4 is 17.0 Å². The van der Waals surface area contributed by atoms with Gasteiger partial charge in [0, 0.05) is 5.56 Å². The Labute approximate surface area is 79.2 Å². The van der Waals surface area contributed by atoms with Gasteiger partial charge in [-0.2, -0.15) is 0 Å². The summed E-state index contributed by atoms with van der Waals surface area (Å²) in [7, 11) is 0. The van der Waals surface area contributed by atoms with E-state index >= 15 is 0 Å². The van der Waals surface area contributed by atoms with Crippen LogP contribution in [0.4, 0.5) is 0 Å². The van der Waals surface area contributed by atoms with Crippen molar-refractivity contribution in [3.63, 3.8) is 0 Å². The number of rotatable bonds is 2. The van der Waals surface area contributed by atoms with E-state index < -0.39 is 5.91 Å². The minimum absolute atomic E-state index is 0.138. The number of primary amides is 1. The van der Waals surface area contributed by atoms with Crippen LogP contribution >= 0.6 is 0 Å². The third kappa shape index (κ3) is 1.23. The summed E-state index contributed by atoms with van der Waals surface area (Å²) in [5.41, 5.74) is 6.52. The highest BCUT2D eigenvalue weighted by atomic mass is 16.4. The number of carbonyl (C=O) groups is 1. The van der Waals surface area contributed by atoms with Crippen molar-refractivity contribution in [1.29, 1.82) is 0 Å². The van der Waals surface area contributed by atoms with Crippen LogP contribution in [0.15, 0.2) is 22.6 Å². The largest absolute Gasteiger partial charge is 0.432 e. The van der Waals surface area contributed by atoms with E-state index in [2.05, 4.69) is 4.98 Å². The quantitative estimate of drug-likeness (QED) is 0.721. The fraction of sp³-hybridized carbons (Fsp3) is 0.111. The molecule has 0 atom stereocenters. The molecule has 0 radical (unpaired) electrons. The number of nitrogens with two attached hydrogens (primary N) is 1. The zero-order valence-corrected chi connectivity index (χ0v) is 7.23. The summed E-state index contributed by atoms with van der Waals surface area (Å²) in [6.45, 7) is -0.162. The number of fused-ring (bicyclic) bond motifs is 1. The van der Waals surface area contributed by atoms with Gasteiger partial charge in [0.05, 0.1) is 6.61 Å². The Morgan fingerprint density at radius 3 is 3.00 bits per heavy atom. The monoisotopic (exact) mass is 192 g/mol. The summed E-state index contributed by atoms with van der Waals surface area (Å²) in [6.07, 6.45) is 0. The van der Waals surface area contributed by atoms with Crippen LogP contribution in [0.3, 0.4) is 0 Å². The molecule has 1 aromatic heterocycles. The molecule has 0 aliphatic carbocycles. The average molecular weight is 192 g/mol. The van der Waals surface area contributed by atoms with Crippen LogP contribution in [-0.2, 0) is 6.61 Å². The first-order chi connectivity index (χ1) is 6.72. The Kier molecular flexibility index (Phi) is 1.94. The van der Waals surface area contributed by atoms with Gasteiger partial charge in [-0.05, 0) is 6.07 Å². The van der Waals surface area contributed by atoms with Gasteiger partial charge in [-0.25, -0.2) is 4.98 Å². The second kappa shape index (κ2) is 3.12. The maximum Gasteiger partial charge on any atom is 0.304 e. The predicted octanol–water partition coefficient (Wildman–Crippen LogP) is 0.419. The molecule has 1 amide bonds. The maximum atomic E-state index is 10.8. The molecule has 14 heavy (non-hydrogen) atoms. The van der Waals surface area contributed by atoms with E-state index in [9.17, 15) is 4.79 Å². The lowest BCUT2D eigenvalue weighted by Gasteiger charge is -1.93. The first-order valence-corrected chi connectivity index (χ1v) is 4.01. The first-order valence-electron chi connectivity index (χ1n) is 4.01. The van der Waals surface area contributed by atoms with Gasteiger partial charge < -0.3 is 15.3 Å². The summed E-state index contributed by atoms with van der Waals surface area (Å²) in [4.78, 5) is 14.6. The number of hydrogen-bond donors (Lipinski definition) is 2. The maximum absolute atomic E-state index is 10.8. The zero-order chi connectivity index (χ0) is 10.1. The van der Waals surface area contributed by atoms with Crippen LogP contribution < -0.4 is 5.73 Å². The lowest BCUT2D eigenvalue weighted by atomic mass is 10.2. The van der Waals surface area contributed by atoms with Crippen molar-refractivity contribution in [2.24, 2.45) is 5.73 Å². The molecular formula is C9H8N2O3. The molecule has 5 nitrogen and oxygen atoms in total. The van der Waals surface area contributed by atoms with Crippen LogP contribution in [0.1, 0.15) is 16.2 Å². The third-order valence-corrected chi connectivity index (χ3v) is 1.88. The molecule has 0 fully saturated rings. The van der Waals surface area contributed by atoms with Crippen molar-refractivity contribution in [2.75, 3.05) is 0 Å². The number of para-hydroxylation sites is 1. The summed E-state index contributed by atoms with van der Waals surface area (Å²) >= 11 is 0. The van der Waals surface area contributed by atoms with Gasteiger partial charge >= 0.3 is 5.91 Å². The van der Waals surface area contributed by atoms with Crippen LogP contribution in [0.25, 0.3) is 11.1 Å². The molecule has 0 bridgehead atoms. The van der Waals surface area contributed by atoms with Gasteiger partial charge in [0.2, 0.25) is 0 Å². The van der Waals surface area contributed by atoms with E-state index in [4.69, 9.17) is 15.3 Å². The van der Waals surface area contributed by atoms with E-state index in [1.165, 1.54) is 0 Å². The number of benzene rings is 1. The zero-order valence-electron chi connectivity index (χ0n) is 7.23. The minimum atomic E-state index is -0.718. The van der Waals surface area contributed by atoms with Gasteiger partial charge in [0.15, 0.2) is 5.58 Å². The molecule has 1 aromatic carbocycles. The topological polar surface area (TPSA) is 89.4 Å². The van der Waals surface area contributed by atoms with Crippen LogP contribution in [0, 0.1) is 0 Å². The molecule has 0 saturated heterocycles. The molecule has 0 unspecified atom stereocenters. The summed E-state index contributed by atoms with van der Waals surface area (Å²) in [5, 5.41) is 8.98. The molecule has 5 heteroatoms. The fourth-order valence-electron chi connectivity index (χ4n) is 1.24. The second-order valence-corrected chi connectivity index (χ2v) is 2.81. The molecule has 0 aliphatic rings. The summed E-state index contributed by atoms with van der Waals surface area (Å²) < 4.78 is 5.11. The standard InChI is InChI=1S/C9H8N2O3/c10-8(13)9-11-6-3-1-2-5(4-12)7(6)14-9/h1-3,12H,4H2,(H2,10,13). The van der Waals surface area contributed by atoms with Gasteiger partial charge in [0.1, 0.15) is 5.52 Å². The van der Waals surface area contributed by atoms with Crippen molar-refractivity contribution in [3.05, 3.63) is 29.7 Å². The van der Waals surface area contributed by atoms with Crippen LogP contribution in [0.2, 0.25) is 0 Å². The number of aliphatic hydroxyl groups is 1. The molecular weight excluding hydrogens is 184 g/mol. The van der Waals surface area contributed by atoms with Gasteiger partial charge in [0.25, 0.3) is 5.89 Å². The molecule has 0 spiro atoms. The number of nitrogens with zero attached hydrogens (tertiary/aromatic N) is 1. The van der Waals surface area contributed by atoms with E-state index in [1.54, 1.807) is 18.2 Å². The fourth-order valence-corrected chi connectivity index (χ4v) is 1.24. The smallest absolute Gasteiger partial charge is 0.304 e. The number of hydrogen-bond acceptors (Lipinski definition) is 4. The van der Waals surface area contributed by atoms with E-state index in [1.807, 2.05) is 0 Å². The number of oxazole rings is 1. The van der Waals surface area contributed by atoms with Crippen molar-refractivity contribution < 1.29 is 14.3 Å². The highest BCUT2D eigenvalue weighted by Gasteiger charge is 2.12. The number of aromatic nitrogens is 1. The Bertz CT molecular complexity index is 490. The normalized spacial score (nSPS) is 10.6. The van der Waals surface area contributed by atoms with Crippen molar-refractivity contribution in [2.45, 2.75) is 6.61 Å². The molecule has 2 rings (SSSR count). The molecule has 72 valence electrons. The summed E-state index contributed by atoms with van der Waals surface area (Å²) in [5.74, 6) is -0.856. The Balaban J connectivity index is 2.70. The van der Waals surface area contributed by atoms with Gasteiger partial charge in [-0.1, -0.05) is 12.1 Å². The highest BCUT2D eigenvalue weighted by Crippen LogP contribution is 2.19. The van der Waals surface area contributed by atoms with Crippen LogP contribution in [-0.4, -0.2) is 16.0 Å². The van der Waals surface area contributed by atoms with E-state index in [0.717, 1.165) is 0 Å². The Hall–Kier alpha value is -1.88. The summed E-state index contributed by atoms with van der Waals surface area (Å²) in [6, 6.07) is 5.10. The second-order valence-electron chi connectivity index (χ2n) is 2.81. The number of aliphatic hydroxyl groups excluding tert-OH is 1. The minimum Gasteiger partial charge on any atom is -0.432 e. The Morgan fingerprint density at radius 2 is 2.36 bits per heavy atom. The lowest BCUT2D eigenvalue weighted by molar-refractivity contribution is 0.0969. The average Bonchev–Trinajstić information content (AvgIpc) is 2.60. The first kappa shape index (κ1) is 8.71. The lowest BCUT2D eigenvalue weighted by Crippen LogP contribution is -2.10. The number of amides is 1. The predicted molar refractivity (Wildman–Crippen MR) is 48.4 cm³/mol.